The van der Waals surface area contributed by atoms with Crippen LogP contribution >= 0.6 is 0 Å². The van der Waals surface area contributed by atoms with E-state index < -0.39 is 0 Å². The lowest BCUT2D eigenvalue weighted by atomic mass is 9.95. The number of fused-ring (bicyclic) bond motifs is 3. The summed E-state index contributed by atoms with van der Waals surface area (Å²) in [6.07, 6.45) is 5.43. The fourth-order valence-corrected chi connectivity index (χ4v) is 5.53. The number of nitrogens with one attached hydrogen (secondary N) is 3. The number of aromatic nitrogens is 1. The SMILES string of the molecule is COc1cc2c(c(OC)c1OC)-c1ccc(NCCCCCC(=O)Nc3cccnc3OC)c(=O)cc1[C@H](NC(C)=O)CC2. The predicted molar refractivity (Wildman–Crippen MR) is 169 cm³/mol. The zero-order valence-electron chi connectivity index (χ0n) is 25.9. The maximum atomic E-state index is 13.4. The Morgan fingerprint density at radius 2 is 1.73 bits per heavy atom. The highest BCUT2D eigenvalue weighted by Gasteiger charge is 2.29. The van der Waals surface area contributed by atoms with Crippen LogP contribution in [0.1, 0.15) is 56.2 Å². The number of hydrogen-bond donors (Lipinski definition) is 3. The van der Waals surface area contributed by atoms with Gasteiger partial charge in [0, 0.05) is 31.6 Å². The van der Waals surface area contributed by atoms with Crippen molar-refractivity contribution >= 4 is 23.2 Å². The average Bonchev–Trinajstić information content (AvgIpc) is 3.26. The van der Waals surface area contributed by atoms with Crippen LogP contribution in [0.2, 0.25) is 0 Å². The Bertz CT molecular complexity index is 1560. The van der Waals surface area contributed by atoms with Gasteiger partial charge < -0.3 is 34.9 Å². The number of carbonyl (C=O) groups is 2. The number of pyridine rings is 1. The lowest BCUT2D eigenvalue weighted by Gasteiger charge is -2.19. The molecule has 0 saturated heterocycles. The molecule has 0 fully saturated rings. The maximum absolute atomic E-state index is 13.4. The molecule has 0 spiro atoms. The first-order valence-electron chi connectivity index (χ1n) is 14.6. The molecule has 0 aliphatic heterocycles. The van der Waals surface area contributed by atoms with E-state index in [0.29, 0.717) is 72.3 Å². The van der Waals surface area contributed by atoms with E-state index >= 15 is 0 Å². The molecule has 1 aromatic heterocycles. The van der Waals surface area contributed by atoms with Gasteiger partial charge in [-0.3, -0.25) is 14.4 Å². The summed E-state index contributed by atoms with van der Waals surface area (Å²) in [4.78, 5) is 42.0. The van der Waals surface area contributed by atoms with Crippen molar-refractivity contribution in [2.45, 2.75) is 51.5 Å². The standard InChI is InChI=1S/C33H40N4O7/c1-20(38)36-24-14-12-21-18-28(41-2)31(42-3)32(43-4)30(21)22-13-15-25(27(39)19-23(22)24)34-16-8-6-7-11-29(40)37-26-10-9-17-35-33(26)44-5/h9-10,13,15,17-19,24H,6-8,11-12,14,16H2,1-5H3,(H,34,39)(H,36,38)(H,37,40)/t24-/m1/s1. The van der Waals surface area contributed by atoms with Crippen LogP contribution in [0.4, 0.5) is 11.4 Å². The summed E-state index contributed by atoms with van der Waals surface area (Å²) in [5.41, 5.74) is 4.05. The number of nitrogens with zero attached hydrogens (tertiary/aromatic N) is 1. The molecule has 1 aliphatic rings. The number of benzene rings is 1. The van der Waals surface area contributed by atoms with Crippen LogP contribution in [0, 0.1) is 0 Å². The number of ether oxygens (including phenoxy) is 4. The van der Waals surface area contributed by atoms with E-state index in [2.05, 4.69) is 20.9 Å². The second-order valence-corrected chi connectivity index (χ2v) is 10.4. The summed E-state index contributed by atoms with van der Waals surface area (Å²) in [7, 11) is 6.21. The number of unbranched alkanes of at least 4 members (excludes halogenated alkanes) is 2. The molecule has 234 valence electrons. The van der Waals surface area contributed by atoms with E-state index in [0.717, 1.165) is 29.5 Å². The molecule has 1 heterocycles. The minimum Gasteiger partial charge on any atom is -0.493 e. The molecule has 0 saturated carbocycles. The van der Waals surface area contributed by atoms with Gasteiger partial charge in [-0.1, -0.05) is 12.5 Å². The molecular formula is C33H40N4O7. The van der Waals surface area contributed by atoms with Crippen LogP contribution < -0.4 is 40.3 Å². The second kappa shape index (κ2) is 15.1. The van der Waals surface area contributed by atoms with Crippen LogP contribution in [0.5, 0.6) is 23.1 Å². The summed E-state index contributed by atoms with van der Waals surface area (Å²) in [6, 6.07) is 10.3. The van der Waals surface area contributed by atoms with E-state index in [1.807, 2.05) is 12.1 Å². The molecule has 2 aromatic carbocycles. The van der Waals surface area contributed by atoms with Crippen molar-refractivity contribution < 1.29 is 28.5 Å². The molecule has 0 bridgehead atoms. The summed E-state index contributed by atoms with van der Waals surface area (Å²) < 4.78 is 22.2. The minimum absolute atomic E-state index is 0.110. The van der Waals surface area contributed by atoms with Gasteiger partial charge in [-0.05, 0) is 72.7 Å². The Labute approximate surface area is 257 Å². The van der Waals surface area contributed by atoms with E-state index in [4.69, 9.17) is 18.9 Å². The van der Waals surface area contributed by atoms with Gasteiger partial charge in [-0.2, -0.15) is 0 Å². The number of aryl methyl sites for hydroxylation is 1. The van der Waals surface area contributed by atoms with Gasteiger partial charge in [0.25, 0.3) is 0 Å². The first-order valence-corrected chi connectivity index (χ1v) is 14.6. The summed E-state index contributed by atoms with van der Waals surface area (Å²) >= 11 is 0. The number of amides is 2. The predicted octanol–water partition coefficient (Wildman–Crippen LogP) is 4.88. The molecule has 0 unspecified atom stereocenters. The van der Waals surface area contributed by atoms with E-state index in [1.54, 1.807) is 51.8 Å². The smallest absolute Gasteiger partial charge is 0.237 e. The molecule has 0 radical (unpaired) electrons. The third-order valence-corrected chi connectivity index (χ3v) is 7.55. The third kappa shape index (κ3) is 7.39. The van der Waals surface area contributed by atoms with Crippen LogP contribution in [0.3, 0.4) is 0 Å². The lowest BCUT2D eigenvalue weighted by molar-refractivity contribution is -0.119. The van der Waals surface area contributed by atoms with Gasteiger partial charge in [-0.25, -0.2) is 4.98 Å². The molecular weight excluding hydrogens is 564 g/mol. The fourth-order valence-electron chi connectivity index (χ4n) is 5.53. The molecule has 4 rings (SSSR count). The van der Waals surface area contributed by atoms with Gasteiger partial charge in [-0.15, -0.1) is 0 Å². The summed E-state index contributed by atoms with van der Waals surface area (Å²) in [5.74, 6) is 1.59. The molecule has 11 nitrogen and oxygen atoms in total. The van der Waals surface area contributed by atoms with Gasteiger partial charge in [0.1, 0.15) is 5.69 Å². The van der Waals surface area contributed by atoms with Crippen LogP contribution in [-0.4, -0.2) is 51.8 Å². The quantitative estimate of drug-likeness (QED) is 0.233. The van der Waals surface area contributed by atoms with Crippen LogP contribution in [0.25, 0.3) is 11.1 Å². The van der Waals surface area contributed by atoms with E-state index in [9.17, 15) is 14.4 Å². The molecule has 3 N–H and O–H groups in total. The van der Waals surface area contributed by atoms with Crippen LogP contribution in [0.15, 0.2) is 47.4 Å². The first kappa shape index (κ1) is 32.1. The maximum Gasteiger partial charge on any atom is 0.237 e. The van der Waals surface area contributed by atoms with Gasteiger partial charge in [0.2, 0.25) is 28.9 Å². The number of anilines is 2. The molecule has 3 aromatic rings. The Balaban J connectivity index is 1.50. The lowest BCUT2D eigenvalue weighted by Crippen LogP contribution is -2.26. The van der Waals surface area contributed by atoms with Crippen molar-refractivity contribution in [1.82, 2.24) is 10.3 Å². The van der Waals surface area contributed by atoms with Crippen molar-refractivity contribution in [3.05, 3.63) is 63.9 Å². The number of methoxy groups -OCH3 is 4. The monoisotopic (exact) mass is 604 g/mol. The zero-order valence-corrected chi connectivity index (χ0v) is 25.9. The van der Waals surface area contributed by atoms with E-state index in [1.165, 1.54) is 14.0 Å². The number of carbonyl (C=O) groups excluding carboxylic acids is 2. The normalized spacial score (nSPS) is 13.4. The minimum atomic E-state index is -0.373. The second-order valence-electron chi connectivity index (χ2n) is 10.4. The van der Waals surface area contributed by atoms with Gasteiger partial charge in [0.05, 0.1) is 40.2 Å². The third-order valence-electron chi connectivity index (χ3n) is 7.55. The van der Waals surface area contributed by atoms with Crippen molar-refractivity contribution in [3.63, 3.8) is 0 Å². The number of hydrogen-bond acceptors (Lipinski definition) is 9. The molecule has 2 amide bonds. The molecule has 1 atom stereocenters. The van der Waals surface area contributed by atoms with E-state index in [-0.39, 0.29) is 23.3 Å². The molecule has 1 aliphatic carbocycles. The number of rotatable bonds is 13. The Hall–Kier alpha value is -4.80. The van der Waals surface area contributed by atoms with Crippen molar-refractivity contribution in [2.75, 3.05) is 45.6 Å². The molecule has 11 heteroatoms. The Morgan fingerprint density at radius 3 is 2.43 bits per heavy atom. The summed E-state index contributed by atoms with van der Waals surface area (Å²) in [5, 5.41) is 9.11. The Kier molecular flexibility index (Phi) is 11.0. The van der Waals surface area contributed by atoms with Gasteiger partial charge >= 0.3 is 0 Å². The highest BCUT2D eigenvalue weighted by atomic mass is 16.5. The highest BCUT2D eigenvalue weighted by molar-refractivity contribution is 5.91. The largest absolute Gasteiger partial charge is 0.493 e. The fraction of sp³-hybridized carbons (Fsp3) is 0.394. The first-order chi connectivity index (χ1) is 21.3. The Morgan fingerprint density at radius 1 is 0.932 bits per heavy atom. The zero-order chi connectivity index (χ0) is 31.6. The molecule has 44 heavy (non-hydrogen) atoms. The highest BCUT2D eigenvalue weighted by Crippen LogP contribution is 2.50. The summed E-state index contributed by atoms with van der Waals surface area (Å²) in [6.45, 7) is 2.03. The van der Waals surface area contributed by atoms with Crippen LogP contribution in [-0.2, 0) is 16.0 Å². The van der Waals surface area contributed by atoms with Gasteiger partial charge in [0.15, 0.2) is 11.5 Å². The van der Waals surface area contributed by atoms with Crippen molar-refractivity contribution in [1.29, 1.82) is 0 Å². The van der Waals surface area contributed by atoms with Crippen molar-refractivity contribution in [2.24, 2.45) is 0 Å². The van der Waals surface area contributed by atoms with Crippen molar-refractivity contribution in [3.8, 4) is 34.3 Å². The average molecular weight is 605 g/mol. The topological polar surface area (TPSA) is 137 Å².